The van der Waals surface area contributed by atoms with Gasteiger partial charge in [0.2, 0.25) is 5.91 Å². The number of hydrogen-bond acceptors (Lipinski definition) is 4. The van der Waals surface area contributed by atoms with Crippen LogP contribution >= 0.6 is 0 Å². The molecule has 0 spiro atoms. The quantitative estimate of drug-likeness (QED) is 0.799. The number of carbonyl (C=O) groups is 1. The van der Waals surface area contributed by atoms with Crippen molar-refractivity contribution >= 4 is 15.7 Å². The highest BCUT2D eigenvalue weighted by Gasteiger charge is 2.39. The van der Waals surface area contributed by atoms with Crippen molar-refractivity contribution < 1.29 is 13.2 Å². The van der Waals surface area contributed by atoms with Crippen molar-refractivity contribution in [3.63, 3.8) is 0 Å². The first-order chi connectivity index (χ1) is 8.35. The van der Waals surface area contributed by atoms with Gasteiger partial charge in [-0.15, -0.1) is 0 Å². The van der Waals surface area contributed by atoms with E-state index < -0.39 is 9.84 Å². The van der Waals surface area contributed by atoms with Crippen LogP contribution in [0.4, 0.5) is 0 Å². The standard InChI is InChI=1S/C12H22N2O3S/c1-2-14(10-4-7-18(16,17)9-10)11(15)8-12(13)5-3-6-12/h10H,2-9,13H2,1H3/t10-/m0/s1. The molecule has 2 rings (SSSR count). The van der Waals surface area contributed by atoms with Gasteiger partial charge in [0.05, 0.1) is 11.5 Å². The molecule has 2 fully saturated rings. The second-order valence-electron chi connectivity index (χ2n) is 5.63. The lowest BCUT2D eigenvalue weighted by atomic mass is 9.75. The molecule has 0 radical (unpaired) electrons. The van der Waals surface area contributed by atoms with Gasteiger partial charge in [-0.1, -0.05) is 0 Å². The summed E-state index contributed by atoms with van der Waals surface area (Å²) >= 11 is 0. The molecule has 0 unspecified atom stereocenters. The van der Waals surface area contributed by atoms with Crippen molar-refractivity contribution in [3.8, 4) is 0 Å². The Morgan fingerprint density at radius 1 is 1.44 bits per heavy atom. The molecule has 1 saturated heterocycles. The van der Waals surface area contributed by atoms with E-state index in [2.05, 4.69) is 0 Å². The van der Waals surface area contributed by atoms with Gasteiger partial charge < -0.3 is 10.6 Å². The summed E-state index contributed by atoms with van der Waals surface area (Å²) in [5, 5.41) is 0. The van der Waals surface area contributed by atoms with Gasteiger partial charge in [0.15, 0.2) is 9.84 Å². The first-order valence-electron chi connectivity index (χ1n) is 6.64. The number of amides is 1. The van der Waals surface area contributed by atoms with E-state index in [9.17, 15) is 13.2 Å². The molecular formula is C12H22N2O3S. The fourth-order valence-electron chi connectivity index (χ4n) is 2.87. The van der Waals surface area contributed by atoms with E-state index in [0.29, 0.717) is 19.4 Å². The Balaban J connectivity index is 1.98. The van der Waals surface area contributed by atoms with Crippen LogP contribution in [0.25, 0.3) is 0 Å². The Kier molecular flexibility index (Phi) is 3.69. The largest absolute Gasteiger partial charge is 0.339 e. The lowest BCUT2D eigenvalue weighted by Gasteiger charge is -2.39. The lowest BCUT2D eigenvalue weighted by molar-refractivity contribution is -0.134. The van der Waals surface area contributed by atoms with Crippen LogP contribution in [0, 0.1) is 0 Å². The summed E-state index contributed by atoms with van der Waals surface area (Å²) in [4.78, 5) is 13.9. The highest BCUT2D eigenvalue weighted by molar-refractivity contribution is 7.91. The summed E-state index contributed by atoms with van der Waals surface area (Å²) in [6.45, 7) is 2.46. The second-order valence-corrected chi connectivity index (χ2v) is 7.86. The van der Waals surface area contributed by atoms with Crippen molar-refractivity contribution in [2.75, 3.05) is 18.1 Å². The topological polar surface area (TPSA) is 80.5 Å². The molecule has 1 heterocycles. The predicted molar refractivity (Wildman–Crippen MR) is 69.8 cm³/mol. The maximum absolute atomic E-state index is 12.2. The van der Waals surface area contributed by atoms with E-state index in [1.54, 1.807) is 4.90 Å². The van der Waals surface area contributed by atoms with E-state index in [-0.39, 0.29) is 29.0 Å². The molecule has 1 atom stereocenters. The van der Waals surface area contributed by atoms with Gasteiger partial charge in [0.25, 0.3) is 0 Å². The summed E-state index contributed by atoms with van der Waals surface area (Å²) in [6, 6.07) is -0.142. The Hall–Kier alpha value is -0.620. The van der Waals surface area contributed by atoms with Crippen LogP contribution in [0.5, 0.6) is 0 Å². The molecular weight excluding hydrogens is 252 g/mol. The average molecular weight is 274 g/mol. The number of carbonyl (C=O) groups excluding carboxylic acids is 1. The zero-order valence-electron chi connectivity index (χ0n) is 10.9. The van der Waals surface area contributed by atoms with Gasteiger partial charge in [0, 0.05) is 24.5 Å². The van der Waals surface area contributed by atoms with Gasteiger partial charge in [-0.2, -0.15) is 0 Å². The smallest absolute Gasteiger partial charge is 0.224 e. The van der Waals surface area contributed by atoms with Crippen LogP contribution < -0.4 is 5.73 Å². The van der Waals surface area contributed by atoms with Crippen LogP contribution in [0.1, 0.15) is 39.0 Å². The fourth-order valence-corrected chi connectivity index (χ4v) is 4.60. The highest BCUT2D eigenvalue weighted by Crippen LogP contribution is 2.33. The predicted octanol–water partition coefficient (Wildman–Crippen LogP) is 0.294. The molecule has 0 aromatic carbocycles. The van der Waals surface area contributed by atoms with Gasteiger partial charge in [-0.05, 0) is 32.6 Å². The molecule has 6 heteroatoms. The number of sulfone groups is 1. The van der Waals surface area contributed by atoms with Crippen molar-refractivity contribution in [3.05, 3.63) is 0 Å². The summed E-state index contributed by atoms with van der Waals surface area (Å²) in [5.41, 5.74) is 5.75. The third-order valence-corrected chi connectivity index (χ3v) is 5.91. The molecule has 0 aromatic rings. The zero-order valence-corrected chi connectivity index (χ0v) is 11.7. The number of hydrogen-bond donors (Lipinski definition) is 1. The minimum atomic E-state index is -2.94. The fraction of sp³-hybridized carbons (Fsp3) is 0.917. The highest BCUT2D eigenvalue weighted by atomic mass is 32.2. The summed E-state index contributed by atoms with van der Waals surface area (Å²) in [7, 11) is -2.94. The average Bonchev–Trinajstić information content (AvgIpc) is 2.57. The van der Waals surface area contributed by atoms with E-state index in [4.69, 9.17) is 5.73 Å². The van der Waals surface area contributed by atoms with Gasteiger partial charge in [0.1, 0.15) is 0 Å². The van der Waals surface area contributed by atoms with Crippen molar-refractivity contribution in [2.24, 2.45) is 5.73 Å². The molecule has 2 N–H and O–H groups in total. The number of rotatable bonds is 4. The van der Waals surface area contributed by atoms with E-state index in [0.717, 1.165) is 19.3 Å². The second kappa shape index (κ2) is 4.81. The van der Waals surface area contributed by atoms with E-state index >= 15 is 0 Å². The van der Waals surface area contributed by atoms with E-state index in [1.165, 1.54) is 0 Å². The molecule has 1 aliphatic heterocycles. The van der Waals surface area contributed by atoms with Crippen LogP contribution in [0.15, 0.2) is 0 Å². The number of nitrogens with two attached hydrogens (primary N) is 1. The molecule has 2 aliphatic rings. The minimum Gasteiger partial charge on any atom is -0.339 e. The third kappa shape index (κ3) is 2.85. The molecule has 104 valence electrons. The minimum absolute atomic E-state index is 0.0156. The van der Waals surface area contributed by atoms with Crippen LogP contribution in [0.3, 0.4) is 0 Å². The Labute approximate surface area is 109 Å². The maximum atomic E-state index is 12.2. The maximum Gasteiger partial charge on any atom is 0.224 e. The van der Waals surface area contributed by atoms with Crippen LogP contribution in [0.2, 0.25) is 0 Å². The molecule has 18 heavy (non-hydrogen) atoms. The Morgan fingerprint density at radius 2 is 2.11 bits per heavy atom. The molecule has 1 aliphatic carbocycles. The summed E-state index contributed by atoms with van der Waals surface area (Å²) < 4.78 is 22.9. The van der Waals surface area contributed by atoms with Gasteiger partial charge in [-0.25, -0.2) is 8.42 Å². The number of nitrogens with zero attached hydrogens (tertiary/aromatic N) is 1. The molecule has 0 bridgehead atoms. The zero-order chi connectivity index (χ0) is 13.4. The Bertz CT molecular complexity index is 429. The third-order valence-electron chi connectivity index (χ3n) is 4.16. The normalized spacial score (nSPS) is 28.7. The van der Waals surface area contributed by atoms with Gasteiger partial charge >= 0.3 is 0 Å². The van der Waals surface area contributed by atoms with Crippen LogP contribution in [-0.2, 0) is 14.6 Å². The molecule has 1 saturated carbocycles. The van der Waals surface area contributed by atoms with Gasteiger partial charge in [-0.3, -0.25) is 4.79 Å². The first kappa shape index (κ1) is 13.8. The van der Waals surface area contributed by atoms with Crippen LogP contribution in [-0.4, -0.2) is 48.9 Å². The first-order valence-corrected chi connectivity index (χ1v) is 8.46. The monoisotopic (exact) mass is 274 g/mol. The van der Waals surface area contributed by atoms with Crippen molar-refractivity contribution in [1.82, 2.24) is 4.90 Å². The SMILES string of the molecule is CCN(C(=O)CC1(N)CCC1)[C@H]1CCS(=O)(=O)C1. The summed E-state index contributed by atoms with van der Waals surface area (Å²) in [6.07, 6.45) is 3.82. The van der Waals surface area contributed by atoms with E-state index in [1.807, 2.05) is 6.92 Å². The Morgan fingerprint density at radius 3 is 2.50 bits per heavy atom. The summed E-state index contributed by atoms with van der Waals surface area (Å²) in [5.74, 6) is 0.334. The molecule has 1 amide bonds. The van der Waals surface area contributed by atoms with Crippen molar-refractivity contribution in [1.29, 1.82) is 0 Å². The molecule has 5 nitrogen and oxygen atoms in total. The molecule has 0 aromatic heterocycles. The van der Waals surface area contributed by atoms with Crippen molar-refractivity contribution in [2.45, 2.75) is 50.6 Å². The lowest BCUT2D eigenvalue weighted by Crippen LogP contribution is -2.52.